The maximum Gasteiger partial charge on any atom is 0.411 e. The fourth-order valence-corrected chi connectivity index (χ4v) is 4.72. The van der Waals surface area contributed by atoms with Crippen molar-refractivity contribution in [2.24, 2.45) is 5.73 Å². The van der Waals surface area contributed by atoms with Crippen molar-refractivity contribution in [2.75, 3.05) is 0 Å². The summed E-state index contributed by atoms with van der Waals surface area (Å²) in [6.45, 7) is 11.2. The third-order valence-corrected chi connectivity index (χ3v) is 11.8. The smallest absolute Gasteiger partial charge is 0.411 e. The molecule has 0 saturated carbocycles. The van der Waals surface area contributed by atoms with E-state index in [0.717, 1.165) is 16.7 Å². The van der Waals surface area contributed by atoms with Crippen molar-refractivity contribution in [3.8, 4) is 11.5 Å². The fraction of sp³-hybridized carbons (Fsp3) is 0.414. The third-order valence-electron chi connectivity index (χ3n) is 7.23. The fourth-order valence-electron chi connectivity index (χ4n) is 3.80. The Bertz CT molecular complexity index is 1190. The average Bonchev–Trinajstić information content (AvgIpc) is 2.85. The Labute approximate surface area is 220 Å². The van der Waals surface area contributed by atoms with Crippen molar-refractivity contribution in [2.45, 2.75) is 77.0 Å². The molecule has 0 unspecified atom stereocenters. The van der Waals surface area contributed by atoms with E-state index < -0.39 is 38.1 Å². The molecule has 1 heterocycles. The highest BCUT2D eigenvalue weighted by atomic mass is 28.3. The number of carbonyl (C=O) groups is 3. The zero-order valence-corrected chi connectivity index (χ0v) is 23.3. The van der Waals surface area contributed by atoms with E-state index in [2.05, 4.69) is 50.6 Å². The van der Waals surface area contributed by atoms with Gasteiger partial charge in [0.2, 0.25) is 11.8 Å². The standard InChI is InChI=1S/C29H37N3O4Si/c1-29(2,3)37(4,5)17-11-16-24(26(30)33)31-27(34)25-18-22-14-9-10-15-23(22)19-32(25)28(35)36-20-21-12-7-6-8-13-21/h6-10,12-15,24-25H,16,18-20H2,1-5H3,(H2,30,33)(H,31,34)/t24-,25-/m0/s1. The Balaban J connectivity index is 1.77. The summed E-state index contributed by atoms with van der Waals surface area (Å²) in [6, 6.07) is 15.2. The van der Waals surface area contributed by atoms with Gasteiger partial charge in [-0.2, -0.15) is 0 Å². The second-order valence-electron chi connectivity index (χ2n) is 11.0. The van der Waals surface area contributed by atoms with Gasteiger partial charge in [0.25, 0.3) is 0 Å². The molecule has 196 valence electrons. The van der Waals surface area contributed by atoms with Gasteiger partial charge in [0.1, 0.15) is 26.8 Å². The lowest BCUT2D eigenvalue weighted by molar-refractivity contribution is -0.130. The van der Waals surface area contributed by atoms with Gasteiger partial charge in [-0.25, -0.2) is 4.79 Å². The quantitative estimate of drug-likeness (QED) is 0.442. The van der Waals surface area contributed by atoms with Crippen LogP contribution in [0.25, 0.3) is 0 Å². The van der Waals surface area contributed by atoms with Gasteiger partial charge in [0, 0.05) is 12.8 Å². The maximum absolute atomic E-state index is 13.4. The highest BCUT2D eigenvalue weighted by Gasteiger charge is 2.37. The van der Waals surface area contributed by atoms with Crippen LogP contribution in [0.2, 0.25) is 18.1 Å². The average molecular weight is 520 g/mol. The summed E-state index contributed by atoms with van der Waals surface area (Å²) >= 11 is 0. The lowest BCUT2D eigenvalue weighted by Gasteiger charge is -2.35. The van der Waals surface area contributed by atoms with Crippen LogP contribution in [0.15, 0.2) is 54.6 Å². The molecule has 2 aromatic rings. The summed E-state index contributed by atoms with van der Waals surface area (Å²) in [6.07, 6.45) is -0.161. The molecular formula is C29H37N3O4Si. The minimum atomic E-state index is -1.88. The first kappa shape index (κ1) is 28.0. The Hall–Kier alpha value is -3.57. The van der Waals surface area contributed by atoms with Crippen LogP contribution >= 0.6 is 0 Å². The molecule has 1 aliphatic rings. The van der Waals surface area contributed by atoms with E-state index >= 15 is 0 Å². The number of primary amides is 1. The highest BCUT2D eigenvalue weighted by molar-refractivity contribution is 6.87. The summed E-state index contributed by atoms with van der Waals surface area (Å²) in [5.74, 6) is 1.99. The van der Waals surface area contributed by atoms with Crippen molar-refractivity contribution in [3.63, 3.8) is 0 Å². The number of hydrogen-bond acceptors (Lipinski definition) is 4. The normalized spacial score (nSPS) is 16.0. The van der Waals surface area contributed by atoms with Crippen LogP contribution in [-0.2, 0) is 33.9 Å². The SMILES string of the molecule is CC(C)(C)[Si](C)(C)C#CC[C@H](NC(=O)[C@@H]1Cc2ccccc2CN1C(=O)OCc1ccccc1)C(N)=O. The van der Waals surface area contributed by atoms with E-state index in [9.17, 15) is 14.4 Å². The summed E-state index contributed by atoms with van der Waals surface area (Å²) < 4.78 is 5.55. The van der Waals surface area contributed by atoms with Gasteiger partial charge in [-0.1, -0.05) is 88.5 Å². The first-order valence-corrected chi connectivity index (χ1v) is 15.5. The van der Waals surface area contributed by atoms with Crippen LogP contribution in [-0.4, -0.2) is 43.0 Å². The van der Waals surface area contributed by atoms with Crippen LogP contribution in [0, 0.1) is 11.5 Å². The molecule has 1 aliphatic heterocycles. The molecule has 0 aliphatic carbocycles. The second-order valence-corrected chi connectivity index (χ2v) is 16.0. The van der Waals surface area contributed by atoms with Gasteiger partial charge < -0.3 is 15.8 Å². The molecule has 3 N–H and O–H groups in total. The molecule has 7 nitrogen and oxygen atoms in total. The molecule has 0 fully saturated rings. The van der Waals surface area contributed by atoms with Crippen molar-refractivity contribution in [1.29, 1.82) is 0 Å². The predicted molar refractivity (Wildman–Crippen MR) is 147 cm³/mol. The molecule has 37 heavy (non-hydrogen) atoms. The van der Waals surface area contributed by atoms with E-state index in [0.29, 0.717) is 6.42 Å². The van der Waals surface area contributed by atoms with E-state index in [1.807, 2.05) is 54.6 Å². The number of ether oxygens (including phenoxy) is 1. The Kier molecular flexibility index (Phi) is 8.82. The van der Waals surface area contributed by atoms with E-state index in [1.165, 1.54) is 4.90 Å². The minimum Gasteiger partial charge on any atom is -0.445 e. The number of carbonyl (C=O) groups excluding carboxylic acids is 3. The van der Waals surface area contributed by atoms with Gasteiger partial charge in [-0.3, -0.25) is 14.5 Å². The number of amides is 3. The Morgan fingerprint density at radius 2 is 1.70 bits per heavy atom. The van der Waals surface area contributed by atoms with Gasteiger partial charge >= 0.3 is 6.09 Å². The molecule has 0 saturated heterocycles. The van der Waals surface area contributed by atoms with E-state index in [-0.39, 0.29) is 24.6 Å². The zero-order valence-electron chi connectivity index (χ0n) is 22.3. The molecule has 3 rings (SSSR count). The Morgan fingerprint density at radius 1 is 1.08 bits per heavy atom. The molecule has 2 aromatic carbocycles. The second kappa shape index (κ2) is 11.7. The molecule has 0 spiro atoms. The zero-order chi connectivity index (χ0) is 27.2. The first-order chi connectivity index (χ1) is 17.4. The van der Waals surface area contributed by atoms with Crippen molar-refractivity contribution in [3.05, 3.63) is 71.3 Å². The third kappa shape index (κ3) is 7.23. The van der Waals surface area contributed by atoms with Crippen molar-refractivity contribution >= 4 is 26.0 Å². The molecule has 8 heteroatoms. The van der Waals surface area contributed by atoms with Gasteiger partial charge in [-0.15, -0.1) is 11.5 Å². The molecule has 0 aromatic heterocycles. The first-order valence-electron chi connectivity index (χ1n) is 12.5. The molecule has 3 amide bonds. The summed E-state index contributed by atoms with van der Waals surface area (Å²) in [7, 11) is -1.88. The minimum absolute atomic E-state index is 0.0710. The van der Waals surface area contributed by atoms with Gasteiger partial charge in [-0.05, 0) is 21.7 Å². The van der Waals surface area contributed by atoms with Crippen LogP contribution in [0.5, 0.6) is 0 Å². The van der Waals surface area contributed by atoms with Crippen LogP contribution in [0.4, 0.5) is 4.79 Å². The number of nitrogens with zero attached hydrogens (tertiary/aromatic N) is 1. The topological polar surface area (TPSA) is 102 Å². The van der Waals surface area contributed by atoms with Crippen LogP contribution < -0.4 is 11.1 Å². The number of benzene rings is 2. The summed E-state index contributed by atoms with van der Waals surface area (Å²) in [5.41, 5.74) is 11.8. The lowest BCUT2D eigenvalue weighted by atomic mass is 9.93. The number of hydrogen-bond donors (Lipinski definition) is 2. The number of nitrogens with one attached hydrogen (secondary N) is 1. The van der Waals surface area contributed by atoms with Gasteiger partial charge in [0.15, 0.2) is 0 Å². The monoisotopic (exact) mass is 519 g/mol. The molecule has 0 radical (unpaired) electrons. The summed E-state index contributed by atoms with van der Waals surface area (Å²) in [5, 5.41) is 2.82. The number of nitrogens with two attached hydrogens (primary N) is 1. The number of rotatable bonds is 6. The molecule has 2 atom stereocenters. The number of fused-ring (bicyclic) bond motifs is 1. The maximum atomic E-state index is 13.4. The van der Waals surface area contributed by atoms with Crippen molar-refractivity contribution in [1.82, 2.24) is 10.2 Å². The van der Waals surface area contributed by atoms with Crippen LogP contribution in [0.1, 0.15) is 43.9 Å². The molecule has 0 bridgehead atoms. The van der Waals surface area contributed by atoms with Gasteiger partial charge in [0.05, 0.1) is 6.54 Å². The van der Waals surface area contributed by atoms with Crippen molar-refractivity contribution < 1.29 is 19.1 Å². The largest absolute Gasteiger partial charge is 0.445 e. The highest BCUT2D eigenvalue weighted by Crippen LogP contribution is 2.35. The predicted octanol–water partition coefficient (Wildman–Crippen LogP) is 4.16. The Morgan fingerprint density at radius 3 is 2.32 bits per heavy atom. The lowest BCUT2D eigenvalue weighted by Crippen LogP contribution is -2.56. The summed E-state index contributed by atoms with van der Waals surface area (Å²) in [4.78, 5) is 40.1. The molecular weight excluding hydrogens is 482 g/mol. The van der Waals surface area contributed by atoms with Crippen LogP contribution in [0.3, 0.4) is 0 Å². The van der Waals surface area contributed by atoms with E-state index in [4.69, 9.17) is 10.5 Å². The van der Waals surface area contributed by atoms with E-state index in [1.54, 1.807) is 0 Å².